The number of rotatable bonds is 1. The van der Waals surface area contributed by atoms with E-state index in [0.717, 1.165) is 30.9 Å². The van der Waals surface area contributed by atoms with Crippen LogP contribution in [0.4, 0.5) is 4.79 Å². The number of H-pyrrole nitrogens is 1. The van der Waals surface area contributed by atoms with Crippen LogP contribution in [0.1, 0.15) is 51.2 Å². The summed E-state index contributed by atoms with van der Waals surface area (Å²) in [5.74, 6) is 0.876. The molecule has 0 radical (unpaired) electrons. The van der Waals surface area contributed by atoms with Gasteiger partial charge in [0.25, 0.3) is 0 Å². The topological polar surface area (TPSA) is 58.2 Å². The first kappa shape index (κ1) is 12.9. The van der Waals surface area contributed by atoms with E-state index in [1.807, 2.05) is 33.9 Å². The quantitative estimate of drug-likeness (QED) is 0.835. The predicted molar refractivity (Wildman–Crippen MR) is 68.2 cm³/mol. The number of nitrogens with one attached hydrogen (secondary N) is 1. The van der Waals surface area contributed by atoms with E-state index < -0.39 is 5.60 Å². The van der Waals surface area contributed by atoms with Crippen LogP contribution in [0.2, 0.25) is 0 Å². The molecule has 5 nitrogen and oxygen atoms in total. The van der Waals surface area contributed by atoms with Gasteiger partial charge in [-0.1, -0.05) is 0 Å². The van der Waals surface area contributed by atoms with Gasteiger partial charge < -0.3 is 9.72 Å². The Labute approximate surface area is 108 Å². The lowest BCUT2D eigenvalue weighted by atomic mass is 10.1. The van der Waals surface area contributed by atoms with Crippen LogP contribution in [0, 0.1) is 6.92 Å². The Morgan fingerprint density at radius 3 is 2.83 bits per heavy atom. The minimum atomic E-state index is -0.450. The maximum atomic E-state index is 12.1. The fourth-order valence-electron chi connectivity index (χ4n) is 2.24. The molecule has 5 heteroatoms. The zero-order valence-corrected chi connectivity index (χ0v) is 11.5. The maximum Gasteiger partial charge on any atom is 0.410 e. The van der Waals surface area contributed by atoms with Crippen LogP contribution in [0.5, 0.6) is 0 Å². The van der Waals surface area contributed by atoms with E-state index in [2.05, 4.69) is 9.97 Å². The number of carbonyl (C=O) groups excluding carboxylic acids is 1. The summed E-state index contributed by atoms with van der Waals surface area (Å²) >= 11 is 0. The first-order chi connectivity index (χ1) is 8.37. The molecule has 1 atom stereocenters. The monoisotopic (exact) mass is 251 g/mol. The molecule has 1 amide bonds. The van der Waals surface area contributed by atoms with Crippen LogP contribution in [0.15, 0.2) is 6.20 Å². The number of nitrogens with zero attached hydrogens (tertiary/aromatic N) is 2. The van der Waals surface area contributed by atoms with Crippen molar-refractivity contribution in [2.75, 3.05) is 6.54 Å². The van der Waals surface area contributed by atoms with Crippen LogP contribution in [0.25, 0.3) is 0 Å². The van der Waals surface area contributed by atoms with E-state index in [4.69, 9.17) is 4.74 Å². The molecule has 0 aliphatic carbocycles. The second-order valence-electron chi connectivity index (χ2n) is 5.76. The normalized spacial score (nSPS) is 20.2. The molecule has 1 aromatic heterocycles. The van der Waals surface area contributed by atoms with Crippen molar-refractivity contribution >= 4 is 6.09 Å². The molecule has 0 aromatic carbocycles. The summed E-state index contributed by atoms with van der Waals surface area (Å²) in [7, 11) is 0. The Morgan fingerprint density at radius 2 is 2.28 bits per heavy atom. The number of aromatic amines is 1. The number of aryl methyl sites for hydroxylation is 1. The number of carbonyl (C=O) groups is 1. The van der Waals surface area contributed by atoms with Crippen LogP contribution in [-0.2, 0) is 4.74 Å². The van der Waals surface area contributed by atoms with Gasteiger partial charge in [-0.2, -0.15) is 0 Å². The largest absolute Gasteiger partial charge is 0.444 e. The Balaban J connectivity index is 2.10. The third-order valence-corrected chi connectivity index (χ3v) is 2.96. The maximum absolute atomic E-state index is 12.1. The molecule has 1 fully saturated rings. The van der Waals surface area contributed by atoms with Crippen molar-refractivity contribution in [2.45, 2.75) is 52.2 Å². The highest BCUT2D eigenvalue weighted by Crippen LogP contribution is 2.32. The van der Waals surface area contributed by atoms with Gasteiger partial charge in [0.1, 0.15) is 11.4 Å². The third-order valence-electron chi connectivity index (χ3n) is 2.96. The van der Waals surface area contributed by atoms with Crippen molar-refractivity contribution < 1.29 is 9.53 Å². The molecule has 2 rings (SSSR count). The second kappa shape index (κ2) is 4.63. The smallest absolute Gasteiger partial charge is 0.410 e. The number of hydrogen-bond donors (Lipinski definition) is 1. The summed E-state index contributed by atoms with van der Waals surface area (Å²) in [6, 6.07) is 0.0704. The van der Waals surface area contributed by atoms with Crippen molar-refractivity contribution in [2.24, 2.45) is 0 Å². The van der Waals surface area contributed by atoms with Gasteiger partial charge in [-0.3, -0.25) is 4.90 Å². The van der Waals surface area contributed by atoms with Crippen LogP contribution < -0.4 is 0 Å². The zero-order chi connectivity index (χ0) is 13.3. The molecule has 0 bridgehead atoms. The van der Waals surface area contributed by atoms with E-state index >= 15 is 0 Å². The number of imidazole rings is 1. The highest BCUT2D eigenvalue weighted by molar-refractivity contribution is 5.69. The van der Waals surface area contributed by atoms with Gasteiger partial charge in [-0.15, -0.1) is 0 Å². The Hall–Kier alpha value is -1.52. The molecular formula is C13H21N3O2. The summed E-state index contributed by atoms with van der Waals surface area (Å²) in [5.41, 5.74) is 0.546. The van der Waals surface area contributed by atoms with E-state index in [1.54, 1.807) is 4.90 Å². The molecule has 0 saturated carbocycles. The molecule has 1 saturated heterocycles. The van der Waals surface area contributed by atoms with E-state index in [-0.39, 0.29) is 12.1 Å². The first-order valence-corrected chi connectivity index (χ1v) is 6.38. The SMILES string of the molecule is Cc1ncc(C2CCCN2C(=O)OC(C)(C)C)[nH]1. The molecule has 18 heavy (non-hydrogen) atoms. The number of likely N-dealkylation sites (tertiary alicyclic amines) is 1. The highest BCUT2D eigenvalue weighted by atomic mass is 16.6. The average molecular weight is 251 g/mol. The lowest BCUT2D eigenvalue weighted by molar-refractivity contribution is 0.0221. The number of amides is 1. The summed E-state index contributed by atoms with van der Waals surface area (Å²) in [6.45, 7) is 8.32. The second-order valence-corrected chi connectivity index (χ2v) is 5.76. The van der Waals surface area contributed by atoms with Crippen molar-refractivity contribution in [1.29, 1.82) is 0 Å². The molecule has 1 aliphatic heterocycles. The van der Waals surface area contributed by atoms with Crippen LogP contribution >= 0.6 is 0 Å². The third kappa shape index (κ3) is 2.83. The van der Waals surface area contributed by atoms with Crippen molar-refractivity contribution in [3.8, 4) is 0 Å². The molecule has 2 heterocycles. The van der Waals surface area contributed by atoms with E-state index in [0.29, 0.717) is 0 Å². The molecule has 100 valence electrons. The zero-order valence-electron chi connectivity index (χ0n) is 11.5. The predicted octanol–water partition coefficient (Wildman–Crippen LogP) is 2.79. The van der Waals surface area contributed by atoms with Crippen molar-refractivity contribution in [3.63, 3.8) is 0 Å². The van der Waals surface area contributed by atoms with Crippen molar-refractivity contribution in [1.82, 2.24) is 14.9 Å². The Kier molecular flexibility index (Phi) is 3.32. The first-order valence-electron chi connectivity index (χ1n) is 6.38. The molecule has 1 N–H and O–H groups in total. The lowest BCUT2D eigenvalue weighted by Gasteiger charge is -2.28. The van der Waals surface area contributed by atoms with Gasteiger partial charge in [-0.05, 0) is 40.5 Å². The van der Waals surface area contributed by atoms with Gasteiger partial charge in [0, 0.05) is 6.54 Å². The van der Waals surface area contributed by atoms with E-state index in [1.165, 1.54) is 0 Å². The van der Waals surface area contributed by atoms with Crippen molar-refractivity contribution in [3.05, 3.63) is 17.7 Å². The van der Waals surface area contributed by atoms with Gasteiger partial charge in [0.15, 0.2) is 0 Å². The summed E-state index contributed by atoms with van der Waals surface area (Å²) < 4.78 is 5.43. The van der Waals surface area contributed by atoms with Gasteiger partial charge >= 0.3 is 6.09 Å². The Morgan fingerprint density at radius 1 is 1.56 bits per heavy atom. The highest BCUT2D eigenvalue weighted by Gasteiger charge is 2.33. The summed E-state index contributed by atoms with van der Waals surface area (Å²) in [4.78, 5) is 21.3. The minimum absolute atomic E-state index is 0.0704. The fourth-order valence-corrected chi connectivity index (χ4v) is 2.24. The van der Waals surface area contributed by atoms with Crippen LogP contribution in [0.3, 0.4) is 0 Å². The summed E-state index contributed by atoms with van der Waals surface area (Å²) in [6.07, 6.45) is 3.53. The van der Waals surface area contributed by atoms with Gasteiger partial charge in [-0.25, -0.2) is 9.78 Å². The number of hydrogen-bond acceptors (Lipinski definition) is 3. The fraction of sp³-hybridized carbons (Fsp3) is 0.692. The minimum Gasteiger partial charge on any atom is -0.444 e. The molecule has 1 aliphatic rings. The summed E-state index contributed by atoms with van der Waals surface area (Å²) in [5, 5.41) is 0. The molecular weight excluding hydrogens is 230 g/mol. The standard InChI is InChI=1S/C13H21N3O2/c1-9-14-8-10(15-9)11-6-5-7-16(11)12(17)18-13(2,3)4/h8,11H,5-7H2,1-4H3,(H,14,15). The lowest BCUT2D eigenvalue weighted by Crippen LogP contribution is -2.36. The molecule has 1 unspecified atom stereocenters. The average Bonchev–Trinajstić information content (AvgIpc) is 2.81. The Bertz CT molecular complexity index is 434. The number of aromatic nitrogens is 2. The van der Waals surface area contributed by atoms with E-state index in [9.17, 15) is 4.79 Å². The van der Waals surface area contributed by atoms with Gasteiger partial charge in [0.05, 0.1) is 17.9 Å². The van der Waals surface area contributed by atoms with Crippen LogP contribution in [-0.4, -0.2) is 33.1 Å². The molecule has 1 aromatic rings. The van der Waals surface area contributed by atoms with Gasteiger partial charge in [0.2, 0.25) is 0 Å². The number of ether oxygens (including phenoxy) is 1. The molecule has 0 spiro atoms.